The van der Waals surface area contributed by atoms with Gasteiger partial charge in [0.1, 0.15) is 0 Å². The predicted molar refractivity (Wildman–Crippen MR) is 73.2 cm³/mol. The number of hydrogen-bond acceptors (Lipinski definition) is 4. The third-order valence-corrected chi connectivity index (χ3v) is 3.53. The van der Waals surface area contributed by atoms with Crippen LogP contribution < -0.4 is 16.0 Å². The van der Waals surface area contributed by atoms with Crippen molar-refractivity contribution in [2.75, 3.05) is 6.54 Å². The van der Waals surface area contributed by atoms with Gasteiger partial charge in [-0.25, -0.2) is 4.79 Å². The van der Waals surface area contributed by atoms with Gasteiger partial charge in [0.2, 0.25) is 5.91 Å². The number of rotatable bonds is 5. The summed E-state index contributed by atoms with van der Waals surface area (Å²) in [7, 11) is 0. The average Bonchev–Trinajstić information content (AvgIpc) is 2.39. The van der Waals surface area contributed by atoms with Crippen molar-refractivity contribution >= 4 is 17.9 Å². The zero-order valence-corrected chi connectivity index (χ0v) is 11.9. The van der Waals surface area contributed by atoms with Crippen LogP contribution in [0.2, 0.25) is 0 Å². The number of imide groups is 1. The second-order valence-corrected chi connectivity index (χ2v) is 5.12. The van der Waals surface area contributed by atoms with Crippen molar-refractivity contribution in [2.45, 2.75) is 51.6 Å². The number of carboxylic acid groups (broad SMARTS) is 1. The summed E-state index contributed by atoms with van der Waals surface area (Å²) < 4.78 is 0. The normalized spacial score (nSPS) is 23.7. The second kappa shape index (κ2) is 7.84. The Hall–Kier alpha value is -1.63. The van der Waals surface area contributed by atoms with Crippen LogP contribution in [0.3, 0.4) is 0 Å². The first-order chi connectivity index (χ1) is 9.43. The van der Waals surface area contributed by atoms with Gasteiger partial charge in [0.15, 0.2) is 0 Å². The molecule has 4 N–H and O–H groups in total. The monoisotopic (exact) mass is 285 g/mol. The summed E-state index contributed by atoms with van der Waals surface area (Å²) in [5, 5.41) is 16.8. The molecular weight excluding hydrogens is 262 g/mol. The van der Waals surface area contributed by atoms with Gasteiger partial charge in [-0.2, -0.15) is 0 Å². The largest absolute Gasteiger partial charge is 0.481 e. The van der Waals surface area contributed by atoms with E-state index in [1.165, 1.54) is 0 Å². The highest BCUT2D eigenvalue weighted by Gasteiger charge is 2.27. The summed E-state index contributed by atoms with van der Waals surface area (Å²) in [5.41, 5.74) is 0. The SMILES string of the molecule is CCNC(=O)NC(=O)C(C)NC1CCC(C(=O)O)CC1. The molecule has 7 nitrogen and oxygen atoms in total. The van der Waals surface area contributed by atoms with Gasteiger partial charge >= 0.3 is 12.0 Å². The molecule has 0 aromatic heterocycles. The summed E-state index contributed by atoms with van der Waals surface area (Å²) in [4.78, 5) is 33.8. The lowest BCUT2D eigenvalue weighted by Gasteiger charge is -2.29. The van der Waals surface area contributed by atoms with Gasteiger partial charge in [0.25, 0.3) is 0 Å². The molecule has 1 rings (SSSR count). The molecule has 1 fully saturated rings. The van der Waals surface area contributed by atoms with E-state index in [0.717, 1.165) is 12.8 Å². The molecule has 0 bridgehead atoms. The van der Waals surface area contributed by atoms with E-state index in [1.54, 1.807) is 13.8 Å². The molecule has 1 aliphatic carbocycles. The molecule has 0 heterocycles. The molecule has 0 aromatic carbocycles. The number of carbonyl (C=O) groups is 3. The van der Waals surface area contributed by atoms with E-state index in [0.29, 0.717) is 19.4 Å². The lowest BCUT2D eigenvalue weighted by atomic mass is 9.86. The van der Waals surface area contributed by atoms with Gasteiger partial charge in [0.05, 0.1) is 12.0 Å². The number of carboxylic acids is 1. The average molecular weight is 285 g/mol. The van der Waals surface area contributed by atoms with E-state index < -0.39 is 18.0 Å². The van der Waals surface area contributed by atoms with Crippen molar-refractivity contribution in [3.05, 3.63) is 0 Å². The van der Waals surface area contributed by atoms with Crippen LogP contribution >= 0.6 is 0 Å². The quantitative estimate of drug-likeness (QED) is 0.587. The maximum absolute atomic E-state index is 11.7. The minimum Gasteiger partial charge on any atom is -0.481 e. The maximum Gasteiger partial charge on any atom is 0.321 e. The van der Waals surface area contributed by atoms with Crippen LogP contribution in [0.25, 0.3) is 0 Å². The van der Waals surface area contributed by atoms with Gasteiger partial charge < -0.3 is 15.7 Å². The van der Waals surface area contributed by atoms with Gasteiger partial charge in [-0.1, -0.05) is 0 Å². The van der Waals surface area contributed by atoms with Crippen molar-refractivity contribution < 1.29 is 19.5 Å². The predicted octanol–water partition coefficient (Wildman–Crippen LogP) is 0.454. The smallest absolute Gasteiger partial charge is 0.321 e. The summed E-state index contributed by atoms with van der Waals surface area (Å²) >= 11 is 0. The Balaban J connectivity index is 2.32. The summed E-state index contributed by atoms with van der Waals surface area (Å²) in [6, 6.07) is -0.856. The van der Waals surface area contributed by atoms with Gasteiger partial charge in [-0.3, -0.25) is 14.9 Å². The topological polar surface area (TPSA) is 108 Å². The molecule has 1 unspecified atom stereocenters. The fourth-order valence-electron chi connectivity index (χ4n) is 2.36. The molecule has 0 saturated heterocycles. The molecule has 1 aliphatic rings. The molecule has 1 saturated carbocycles. The van der Waals surface area contributed by atoms with Crippen LogP contribution in [0.4, 0.5) is 4.79 Å². The van der Waals surface area contributed by atoms with Crippen LogP contribution in [0.1, 0.15) is 39.5 Å². The van der Waals surface area contributed by atoms with E-state index in [1.807, 2.05) is 0 Å². The highest BCUT2D eigenvalue weighted by molar-refractivity contribution is 5.96. The number of aliphatic carboxylic acids is 1. The summed E-state index contributed by atoms with van der Waals surface area (Å²) in [6.07, 6.45) is 2.71. The number of hydrogen-bond donors (Lipinski definition) is 4. The van der Waals surface area contributed by atoms with Crippen LogP contribution in [-0.2, 0) is 9.59 Å². The fraction of sp³-hybridized carbons (Fsp3) is 0.769. The lowest BCUT2D eigenvalue weighted by molar-refractivity contribution is -0.143. The Labute approximate surface area is 118 Å². The first-order valence-corrected chi connectivity index (χ1v) is 7.01. The van der Waals surface area contributed by atoms with Crippen molar-refractivity contribution in [1.29, 1.82) is 0 Å². The van der Waals surface area contributed by atoms with Crippen LogP contribution in [-0.4, -0.2) is 41.6 Å². The van der Waals surface area contributed by atoms with E-state index >= 15 is 0 Å². The third-order valence-electron chi connectivity index (χ3n) is 3.53. The molecule has 0 spiro atoms. The Morgan fingerprint density at radius 2 is 1.80 bits per heavy atom. The molecular formula is C13H23N3O4. The number of nitrogens with one attached hydrogen (secondary N) is 3. The Kier molecular flexibility index (Phi) is 6.44. The first-order valence-electron chi connectivity index (χ1n) is 7.01. The molecule has 7 heteroatoms. The molecule has 114 valence electrons. The van der Waals surface area contributed by atoms with Gasteiger partial charge in [0, 0.05) is 12.6 Å². The van der Waals surface area contributed by atoms with E-state index in [-0.39, 0.29) is 17.9 Å². The number of carbonyl (C=O) groups excluding carboxylic acids is 2. The molecule has 0 aromatic rings. The van der Waals surface area contributed by atoms with Crippen LogP contribution in [0.5, 0.6) is 0 Å². The second-order valence-electron chi connectivity index (χ2n) is 5.12. The first kappa shape index (κ1) is 16.4. The molecule has 0 aliphatic heterocycles. The van der Waals surface area contributed by atoms with Crippen LogP contribution in [0.15, 0.2) is 0 Å². The third kappa shape index (κ3) is 5.16. The standard InChI is InChI=1S/C13H23N3O4/c1-3-14-13(20)16-11(17)8(2)15-10-6-4-9(5-7-10)12(18)19/h8-10,15H,3-7H2,1-2H3,(H,18,19)(H2,14,16,17,20). The zero-order chi connectivity index (χ0) is 15.1. The molecule has 0 radical (unpaired) electrons. The van der Waals surface area contributed by atoms with Crippen LogP contribution in [0, 0.1) is 5.92 Å². The lowest BCUT2D eigenvalue weighted by Crippen LogP contribution is -2.51. The Morgan fingerprint density at radius 3 is 2.30 bits per heavy atom. The Morgan fingerprint density at radius 1 is 1.20 bits per heavy atom. The molecule has 1 atom stereocenters. The van der Waals surface area contributed by atoms with Gasteiger partial charge in [-0.05, 0) is 39.5 Å². The van der Waals surface area contributed by atoms with Crippen molar-refractivity contribution in [3.63, 3.8) is 0 Å². The molecule has 20 heavy (non-hydrogen) atoms. The fourth-order valence-corrected chi connectivity index (χ4v) is 2.36. The highest BCUT2D eigenvalue weighted by Crippen LogP contribution is 2.24. The van der Waals surface area contributed by atoms with E-state index in [2.05, 4.69) is 16.0 Å². The summed E-state index contributed by atoms with van der Waals surface area (Å²) in [6.45, 7) is 3.92. The van der Waals surface area contributed by atoms with Crippen molar-refractivity contribution in [3.8, 4) is 0 Å². The van der Waals surface area contributed by atoms with Crippen molar-refractivity contribution in [2.24, 2.45) is 5.92 Å². The Bertz CT molecular complexity index is 365. The van der Waals surface area contributed by atoms with E-state index in [9.17, 15) is 14.4 Å². The number of amides is 3. The highest BCUT2D eigenvalue weighted by atomic mass is 16.4. The molecule has 3 amide bonds. The zero-order valence-electron chi connectivity index (χ0n) is 11.9. The van der Waals surface area contributed by atoms with Crippen molar-refractivity contribution in [1.82, 2.24) is 16.0 Å². The van der Waals surface area contributed by atoms with E-state index in [4.69, 9.17) is 5.11 Å². The van der Waals surface area contributed by atoms with Gasteiger partial charge in [-0.15, -0.1) is 0 Å². The maximum atomic E-state index is 11.7. The summed E-state index contributed by atoms with van der Waals surface area (Å²) in [5.74, 6) is -1.39. The minimum atomic E-state index is -0.745. The number of urea groups is 1. The minimum absolute atomic E-state index is 0.126.